The van der Waals surface area contributed by atoms with Gasteiger partial charge in [0.05, 0.1) is 0 Å². The lowest BCUT2D eigenvalue weighted by Crippen LogP contribution is -2.05. The first-order valence-corrected chi connectivity index (χ1v) is 5.97. The van der Waals surface area contributed by atoms with Crippen LogP contribution in [-0.2, 0) is 0 Å². The summed E-state index contributed by atoms with van der Waals surface area (Å²) in [5, 5.41) is 0.912. The smallest absolute Gasteiger partial charge is 0.265 e. The fourth-order valence-electron chi connectivity index (χ4n) is 1.89. The summed E-state index contributed by atoms with van der Waals surface area (Å²) in [7, 11) is 0. The van der Waals surface area contributed by atoms with Crippen LogP contribution in [0.1, 0.15) is 27.5 Å². The molecule has 94 valence electrons. The van der Waals surface area contributed by atoms with Crippen LogP contribution in [0.15, 0.2) is 41.1 Å². The Morgan fingerprint density at radius 2 is 1.79 bits per heavy atom. The van der Waals surface area contributed by atoms with E-state index in [1.165, 1.54) is 0 Å². The monoisotopic (exact) mass is 252 g/mol. The van der Waals surface area contributed by atoms with Gasteiger partial charge >= 0.3 is 0 Å². The first-order chi connectivity index (χ1) is 9.13. The lowest BCUT2D eigenvalue weighted by molar-refractivity contribution is 0.100. The number of hydrogen-bond acceptors (Lipinski definition) is 4. The van der Waals surface area contributed by atoms with E-state index in [2.05, 4.69) is 9.97 Å². The van der Waals surface area contributed by atoms with E-state index < -0.39 is 0 Å². The number of hydrogen-bond donors (Lipinski definition) is 0. The minimum atomic E-state index is -0.297. The van der Waals surface area contributed by atoms with Crippen molar-refractivity contribution in [1.82, 2.24) is 9.97 Å². The molecule has 0 aliphatic heterocycles. The van der Waals surface area contributed by atoms with E-state index in [0.29, 0.717) is 5.58 Å². The van der Waals surface area contributed by atoms with Crippen LogP contribution in [0.25, 0.3) is 11.0 Å². The second kappa shape index (κ2) is 4.31. The van der Waals surface area contributed by atoms with Crippen LogP contribution < -0.4 is 0 Å². The van der Waals surface area contributed by atoms with E-state index in [-0.39, 0.29) is 17.4 Å². The average molecular weight is 252 g/mol. The second-order valence-corrected chi connectivity index (χ2v) is 4.57. The number of aryl methyl sites for hydroxylation is 2. The Kier molecular flexibility index (Phi) is 2.63. The maximum atomic E-state index is 12.2. The summed E-state index contributed by atoms with van der Waals surface area (Å²) in [6.07, 6.45) is 3.24. The van der Waals surface area contributed by atoms with E-state index in [0.717, 1.165) is 16.5 Å². The molecular weight excluding hydrogens is 240 g/mol. The van der Waals surface area contributed by atoms with Crippen LogP contribution in [0.2, 0.25) is 0 Å². The number of ketones is 1. The predicted molar refractivity (Wildman–Crippen MR) is 71.2 cm³/mol. The van der Waals surface area contributed by atoms with E-state index in [1.807, 2.05) is 32.0 Å². The second-order valence-electron chi connectivity index (χ2n) is 4.57. The van der Waals surface area contributed by atoms with Crippen molar-refractivity contribution < 1.29 is 9.21 Å². The van der Waals surface area contributed by atoms with Gasteiger partial charge in [0.25, 0.3) is 5.78 Å². The van der Waals surface area contributed by atoms with Crippen molar-refractivity contribution in [2.24, 2.45) is 0 Å². The number of nitrogens with zero attached hydrogens (tertiary/aromatic N) is 2. The van der Waals surface area contributed by atoms with Crippen molar-refractivity contribution in [2.45, 2.75) is 13.8 Å². The molecule has 19 heavy (non-hydrogen) atoms. The molecule has 0 fully saturated rings. The molecule has 2 heterocycles. The largest absolute Gasteiger partial charge is 0.452 e. The van der Waals surface area contributed by atoms with Gasteiger partial charge in [0.1, 0.15) is 5.58 Å². The van der Waals surface area contributed by atoms with Crippen molar-refractivity contribution in [2.75, 3.05) is 0 Å². The Morgan fingerprint density at radius 1 is 1.05 bits per heavy atom. The first kappa shape index (κ1) is 11.6. The molecule has 0 atom stereocenters. The molecule has 4 heteroatoms. The molecule has 0 unspecified atom stereocenters. The molecule has 0 spiro atoms. The third-order valence-electron chi connectivity index (χ3n) is 2.88. The predicted octanol–water partition coefficient (Wildman–Crippen LogP) is 3.07. The van der Waals surface area contributed by atoms with E-state index in [9.17, 15) is 4.79 Å². The van der Waals surface area contributed by atoms with Gasteiger partial charge in [-0.1, -0.05) is 11.6 Å². The highest BCUT2D eigenvalue weighted by Crippen LogP contribution is 2.21. The van der Waals surface area contributed by atoms with Gasteiger partial charge < -0.3 is 4.42 Å². The molecule has 3 aromatic rings. The molecule has 0 bridgehead atoms. The molecule has 3 rings (SSSR count). The molecular formula is C15H12N2O2. The number of benzene rings is 1. The Morgan fingerprint density at radius 3 is 2.53 bits per heavy atom. The zero-order valence-electron chi connectivity index (χ0n) is 10.7. The Labute approximate surface area is 110 Å². The molecule has 0 saturated heterocycles. The Hall–Kier alpha value is -2.49. The van der Waals surface area contributed by atoms with Crippen molar-refractivity contribution in [3.63, 3.8) is 0 Å². The van der Waals surface area contributed by atoms with Crippen molar-refractivity contribution in [3.05, 3.63) is 59.4 Å². The minimum Gasteiger partial charge on any atom is -0.452 e. The number of furan rings is 1. The number of carbonyl (C=O) groups is 1. The summed E-state index contributed by atoms with van der Waals surface area (Å²) in [6.45, 7) is 3.87. The van der Waals surface area contributed by atoms with Crippen LogP contribution in [-0.4, -0.2) is 15.8 Å². The summed E-state index contributed by atoms with van der Waals surface area (Å²) in [6, 6.07) is 7.51. The average Bonchev–Trinajstić information content (AvgIpc) is 2.81. The van der Waals surface area contributed by atoms with Crippen molar-refractivity contribution in [1.29, 1.82) is 0 Å². The van der Waals surface area contributed by atoms with Gasteiger partial charge in [-0.05, 0) is 37.6 Å². The third kappa shape index (κ3) is 2.12. The minimum absolute atomic E-state index is 0.154. The van der Waals surface area contributed by atoms with E-state index in [4.69, 9.17) is 4.42 Å². The summed E-state index contributed by atoms with van der Waals surface area (Å²) in [5.74, 6) is 0.125. The van der Waals surface area contributed by atoms with Crippen LogP contribution in [0, 0.1) is 13.8 Å². The van der Waals surface area contributed by atoms with Gasteiger partial charge in [-0.3, -0.25) is 4.79 Å². The molecule has 0 radical (unpaired) electrons. The zero-order valence-corrected chi connectivity index (χ0v) is 10.7. The summed E-state index contributed by atoms with van der Waals surface area (Å²) in [4.78, 5) is 20.2. The molecule has 0 aliphatic rings. The maximum Gasteiger partial charge on any atom is 0.265 e. The fourth-order valence-corrected chi connectivity index (χ4v) is 1.89. The molecule has 2 aromatic heterocycles. The lowest BCUT2D eigenvalue weighted by atomic mass is 10.2. The van der Waals surface area contributed by atoms with Gasteiger partial charge in [-0.15, -0.1) is 0 Å². The highest BCUT2D eigenvalue weighted by Gasteiger charge is 2.17. The molecule has 1 aromatic carbocycles. The van der Waals surface area contributed by atoms with Crippen molar-refractivity contribution >= 4 is 16.8 Å². The van der Waals surface area contributed by atoms with Crippen LogP contribution in [0.5, 0.6) is 0 Å². The number of rotatable bonds is 2. The molecule has 4 nitrogen and oxygen atoms in total. The molecule has 0 saturated carbocycles. The highest BCUT2D eigenvalue weighted by atomic mass is 16.3. The summed E-state index contributed by atoms with van der Waals surface area (Å²) >= 11 is 0. The van der Waals surface area contributed by atoms with Gasteiger partial charge in [0.2, 0.25) is 5.82 Å². The number of aromatic nitrogens is 2. The SMILES string of the molecule is Cc1cnc(C(=O)c2cc3cc(C)ccc3o2)nc1. The molecule has 0 aliphatic carbocycles. The Balaban J connectivity index is 2.04. The lowest BCUT2D eigenvalue weighted by Gasteiger charge is -1.95. The fraction of sp³-hybridized carbons (Fsp3) is 0.133. The number of fused-ring (bicyclic) bond motifs is 1. The maximum absolute atomic E-state index is 12.2. The third-order valence-corrected chi connectivity index (χ3v) is 2.88. The van der Waals surface area contributed by atoms with Gasteiger partial charge in [-0.2, -0.15) is 0 Å². The van der Waals surface area contributed by atoms with E-state index >= 15 is 0 Å². The zero-order chi connectivity index (χ0) is 13.4. The van der Waals surface area contributed by atoms with Crippen molar-refractivity contribution in [3.8, 4) is 0 Å². The van der Waals surface area contributed by atoms with Crippen LogP contribution >= 0.6 is 0 Å². The van der Waals surface area contributed by atoms with Crippen LogP contribution in [0.4, 0.5) is 0 Å². The highest BCUT2D eigenvalue weighted by molar-refractivity contribution is 6.06. The standard InChI is InChI=1S/C15H12N2O2/c1-9-3-4-12-11(5-9)6-13(19-12)14(18)15-16-7-10(2)8-17-15/h3-8H,1-2H3. The van der Waals surface area contributed by atoms with Gasteiger partial charge in [-0.25, -0.2) is 9.97 Å². The number of carbonyl (C=O) groups excluding carboxylic acids is 1. The van der Waals surface area contributed by atoms with Crippen LogP contribution in [0.3, 0.4) is 0 Å². The molecule has 0 amide bonds. The topological polar surface area (TPSA) is 56.0 Å². The first-order valence-electron chi connectivity index (χ1n) is 5.97. The summed E-state index contributed by atoms with van der Waals surface area (Å²) < 4.78 is 5.54. The van der Waals surface area contributed by atoms with Gasteiger partial charge in [0, 0.05) is 17.8 Å². The van der Waals surface area contributed by atoms with Gasteiger partial charge in [0.15, 0.2) is 5.76 Å². The quantitative estimate of drug-likeness (QED) is 0.658. The van der Waals surface area contributed by atoms with E-state index in [1.54, 1.807) is 18.5 Å². The Bertz CT molecular complexity index is 757. The summed E-state index contributed by atoms with van der Waals surface area (Å²) in [5.41, 5.74) is 2.73. The normalized spacial score (nSPS) is 10.8. The molecule has 0 N–H and O–H groups in total.